The van der Waals surface area contributed by atoms with Gasteiger partial charge in [0.2, 0.25) is 0 Å². The normalized spacial score (nSPS) is 12.6. The van der Waals surface area contributed by atoms with Crippen molar-refractivity contribution in [2.45, 2.75) is 6.92 Å². The Labute approximate surface area is 72.0 Å². The van der Waals surface area contributed by atoms with Gasteiger partial charge in [-0.2, -0.15) is 0 Å². The molecule has 1 rings (SSSR count). The van der Waals surface area contributed by atoms with Gasteiger partial charge >= 0.3 is 0 Å². The number of halogens is 1. The van der Waals surface area contributed by atoms with Gasteiger partial charge in [-0.15, -0.1) is 0 Å². The highest BCUT2D eigenvalue weighted by molar-refractivity contribution is 7.80. The lowest BCUT2D eigenvalue weighted by Gasteiger charge is -2.01. The largest absolute Gasteiger partial charge is 0.289 e. The molecular formula is C7H8FNO2S. The Hall–Kier alpha value is -0.940. The average Bonchev–Trinajstić information content (AvgIpc) is 1.81. The first-order valence-electron chi connectivity index (χ1n) is 3.22. The maximum atomic E-state index is 12.7. The van der Waals surface area contributed by atoms with Crippen LogP contribution >= 0.6 is 0 Å². The quantitative estimate of drug-likeness (QED) is 0.695. The number of benzene rings is 1. The van der Waals surface area contributed by atoms with Crippen LogP contribution in [0.2, 0.25) is 0 Å². The Bertz CT molecular complexity index is 296. The van der Waals surface area contributed by atoms with Gasteiger partial charge in [0, 0.05) is 0 Å². The molecule has 0 amide bonds. The molecular weight excluding hydrogens is 181 g/mol. The van der Waals surface area contributed by atoms with Gasteiger partial charge in [-0.3, -0.25) is 9.27 Å². The molecule has 1 atom stereocenters. The maximum Gasteiger partial charge on any atom is 0.259 e. The fourth-order valence-electron chi connectivity index (χ4n) is 0.896. The molecule has 0 radical (unpaired) electrons. The van der Waals surface area contributed by atoms with Crippen molar-refractivity contribution in [3.8, 4) is 0 Å². The maximum absolute atomic E-state index is 12.7. The summed E-state index contributed by atoms with van der Waals surface area (Å²) in [5, 5.41) is 0. The van der Waals surface area contributed by atoms with E-state index in [0.29, 0.717) is 11.3 Å². The van der Waals surface area contributed by atoms with Gasteiger partial charge in [0.05, 0.1) is 5.69 Å². The van der Waals surface area contributed by atoms with Gasteiger partial charge in [-0.25, -0.2) is 8.60 Å². The van der Waals surface area contributed by atoms with Crippen LogP contribution in [0.15, 0.2) is 18.2 Å². The summed E-state index contributed by atoms with van der Waals surface area (Å²) in [5.41, 5.74) is 0.997. The lowest BCUT2D eigenvalue weighted by Crippen LogP contribution is -2.02. The smallest absolute Gasteiger partial charge is 0.259 e. The molecule has 0 aliphatic heterocycles. The van der Waals surface area contributed by atoms with E-state index in [0.717, 1.165) is 6.07 Å². The van der Waals surface area contributed by atoms with E-state index in [1.54, 1.807) is 13.0 Å². The number of rotatable bonds is 2. The van der Waals surface area contributed by atoms with Crippen LogP contribution in [0.4, 0.5) is 10.1 Å². The average molecular weight is 189 g/mol. The summed E-state index contributed by atoms with van der Waals surface area (Å²) in [6, 6.07) is 4.07. The number of anilines is 1. The molecule has 0 aliphatic rings. The predicted molar refractivity (Wildman–Crippen MR) is 45.5 cm³/mol. The van der Waals surface area contributed by atoms with E-state index in [9.17, 15) is 8.60 Å². The minimum atomic E-state index is -2.15. The third kappa shape index (κ3) is 2.60. The highest BCUT2D eigenvalue weighted by Gasteiger charge is 1.98. The van der Waals surface area contributed by atoms with Crippen molar-refractivity contribution in [2.75, 3.05) is 4.72 Å². The van der Waals surface area contributed by atoms with Crippen LogP contribution in [0.25, 0.3) is 0 Å². The molecule has 0 fully saturated rings. The van der Waals surface area contributed by atoms with Crippen molar-refractivity contribution in [1.29, 1.82) is 0 Å². The van der Waals surface area contributed by atoms with E-state index in [4.69, 9.17) is 4.55 Å². The topological polar surface area (TPSA) is 49.3 Å². The first-order chi connectivity index (χ1) is 5.58. The lowest BCUT2D eigenvalue weighted by atomic mass is 10.2. The van der Waals surface area contributed by atoms with Crippen molar-refractivity contribution in [1.82, 2.24) is 0 Å². The molecule has 1 aromatic carbocycles. The summed E-state index contributed by atoms with van der Waals surface area (Å²) in [4.78, 5) is 0. The second-order valence-electron chi connectivity index (χ2n) is 2.37. The van der Waals surface area contributed by atoms with Crippen molar-refractivity contribution < 1.29 is 13.2 Å². The zero-order valence-corrected chi connectivity index (χ0v) is 7.19. The van der Waals surface area contributed by atoms with Crippen LogP contribution in [0.5, 0.6) is 0 Å². The van der Waals surface area contributed by atoms with Crippen LogP contribution in [-0.2, 0) is 11.3 Å². The summed E-state index contributed by atoms with van der Waals surface area (Å²) in [6.07, 6.45) is 0. The number of nitrogens with one attached hydrogen (secondary N) is 1. The van der Waals surface area contributed by atoms with E-state index in [1.807, 2.05) is 0 Å². The van der Waals surface area contributed by atoms with Crippen LogP contribution in [0.1, 0.15) is 5.56 Å². The third-order valence-electron chi connectivity index (χ3n) is 1.25. The second kappa shape index (κ2) is 3.64. The SMILES string of the molecule is Cc1cc(F)cc(NS(=O)O)c1. The van der Waals surface area contributed by atoms with Crippen LogP contribution < -0.4 is 4.72 Å². The molecule has 0 heterocycles. The molecule has 0 aliphatic carbocycles. The zero-order valence-electron chi connectivity index (χ0n) is 6.37. The van der Waals surface area contributed by atoms with Gasteiger partial charge in [0.25, 0.3) is 11.3 Å². The first kappa shape index (κ1) is 9.15. The van der Waals surface area contributed by atoms with Crippen LogP contribution in [0.3, 0.4) is 0 Å². The highest BCUT2D eigenvalue weighted by Crippen LogP contribution is 2.13. The molecule has 66 valence electrons. The van der Waals surface area contributed by atoms with E-state index in [2.05, 4.69) is 4.72 Å². The zero-order chi connectivity index (χ0) is 9.14. The van der Waals surface area contributed by atoms with Crippen molar-refractivity contribution in [3.63, 3.8) is 0 Å². The van der Waals surface area contributed by atoms with Crippen molar-refractivity contribution in [3.05, 3.63) is 29.6 Å². The molecule has 0 saturated carbocycles. The molecule has 3 nitrogen and oxygen atoms in total. The minimum Gasteiger partial charge on any atom is -0.289 e. The van der Waals surface area contributed by atoms with E-state index in [1.165, 1.54) is 6.07 Å². The Kier molecular flexibility index (Phi) is 2.78. The van der Waals surface area contributed by atoms with Crippen LogP contribution in [-0.4, -0.2) is 8.76 Å². The Balaban J connectivity index is 2.93. The molecule has 1 unspecified atom stereocenters. The molecule has 2 N–H and O–H groups in total. The monoisotopic (exact) mass is 189 g/mol. The molecule has 0 saturated heterocycles. The molecule has 0 bridgehead atoms. The lowest BCUT2D eigenvalue weighted by molar-refractivity contribution is 0.570. The molecule has 0 spiro atoms. The van der Waals surface area contributed by atoms with Gasteiger partial charge < -0.3 is 0 Å². The van der Waals surface area contributed by atoms with E-state index in [-0.39, 0.29) is 0 Å². The van der Waals surface area contributed by atoms with Gasteiger partial charge in [-0.05, 0) is 30.7 Å². The Morgan fingerprint density at radius 2 is 2.17 bits per heavy atom. The van der Waals surface area contributed by atoms with Gasteiger partial charge in [0.1, 0.15) is 5.82 Å². The minimum absolute atomic E-state index is 0.299. The Morgan fingerprint density at radius 3 is 2.67 bits per heavy atom. The fourth-order valence-corrected chi connectivity index (χ4v) is 1.22. The number of hydrogen-bond acceptors (Lipinski definition) is 1. The fraction of sp³-hybridized carbons (Fsp3) is 0.143. The van der Waals surface area contributed by atoms with Gasteiger partial charge in [0.15, 0.2) is 0 Å². The second-order valence-corrected chi connectivity index (χ2v) is 3.07. The predicted octanol–water partition coefficient (Wildman–Crippen LogP) is 1.68. The van der Waals surface area contributed by atoms with Gasteiger partial charge in [-0.1, -0.05) is 0 Å². The van der Waals surface area contributed by atoms with E-state index < -0.39 is 17.1 Å². The number of hydrogen-bond donors (Lipinski definition) is 2. The highest BCUT2D eigenvalue weighted by atomic mass is 32.2. The molecule has 5 heteroatoms. The summed E-state index contributed by atoms with van der Waals surface area (Å²) in [6.45, 7) is 1.70. The van der Waals surface area contributed by atoms with Crippen molar-refractivity contribution in [2.24, 2.45) is 0 Å². The van der Waals surface area contributed by atoms with Crippen molar-refractivity contribution >= 4 is 17.0 Å². The molecule has 1 aromatic rings. The number of aryl methyl sites for hydroxylation is 1. The summed E-state index contributed by atoms with van der Waals surface area (Å²) < 4.78 is 33.5. The summed E-state index contributed by atoms with van der Waals surface area (Å²) in [7, 11) is 0. The standard InChI is InChI=1S/C7H8FNO2S/c1-5-2-6(8)4-7(3-5)9-12(10)11/h2-4,9H,1H3,(H,10,11). The van der Waals surface area contributed by atoms with E-state index >= 15 is 0 Å². The third-order valence-corrected chi connectivity index (χ3v) is 1.66. The first-order valence-corrected chi connectivity index (χ1v) is 4.33. The summed E-state index contributed by atoms with van der Waals surface area (Å²) in [5.74, 6) is -0.428. The molecule has 12 heavy (non-hydrogen) atoms. The summed E-state index contributed by atoms with van der Waals surface area (Å²) >= 11 is -2.15. The Morgan fingerprint density at radius 1 is 1.50 bits per heavy atom. The molecule has 0 aromatic heterocycles. The van der Waals surface area contributed by atoms with Crippen LogP contribution in [0, 0.1) is 12.7 Å².